The number of alkyl halides is 3. The van der Waals surface area contributed by atoms with E-state index in [0.717, 1.165) is 30.3 Å². The number of halogens is 4. The minimum atomic E-state index is -4.88. The molecule has 0 radical (unpaired) electrons. The maximum Gasteiger partial charge on any atom is 0.573 e. The lowest BCUT2D eigenvalue weighted by Crippen LogP contribution is -2.17. The molecule has 0 saturated carbocycles. The molecular weight excluding hydrogens is 403 g/mol. The van der Waals surface area contributed by atoms with E-state index in [-0.39, 0.29) is 25.7 Å². The Hall–Kier alpha value is -2.32. The highest BCUT2D eigenvalue weighted by Crippen LogP contribution is 2.35. The first kappa shape index (κ1) is 19.4. The Bertz CT molecular complexity index is 1100. The molecular formula is C18H13ClF3NO3S. The minimum Gasteiger partial charge on any atom is -0.406 e. The predicted molar refractivity (Wildman–Crippen MR) is 94.7 cm³/mol. The molecule has 0 atom stereocenters. The Morgan fingerprint density at radius 1 is 1.11 bits per heavy atom. The Morgan fingerprint density at radius 2 is 1.78 bits per heavy atom. The molecule has 9 heteroatoms. The fourth-order valence-electron chi connectivity index (χ4n) is 2.54. The highest BCUT2D eigenvalue weighted by Gasteiger charge is 2.31. The fourth-order valence-corrected chi connectivity index (χ4v) is 4.33. The van der Waals surface area contributed by atoms with Gasteiger partial charge in [0.05, 0.1) is 15.4 Å². The van der Waals surface area contributed by atoms with E-state index < -0.39 is 21.9 Å². The summed E-state index contributed by atoms with van der Waals surface area (Å²) in [6, 6.07) is 9.65. The fraction of sp³-hybridized carbons (Fsp3) is 0.167. The first-order valence-electron chi connectivity index (χ1n) is 7.80. The number of aryl methyl sites for hydroxylation is 1. The van der Waals surface area contributed by atoms with Gasteiger partial charge in [-0.25, -0.2) is 8.42 Å². The maximum atomic E-state index is 12.9. The van der Waals surface area contributed by atoms with Gasteiger partial charge in [0.25, 0.3) is 0 Å². The topological polar surface area (TPSA) is 56.3 Å². The zero-order valence-electron chi connectivity index (χ0n) is 13.9. The molecule has 0 fully saturated rings. The standard InChI is InChI=1S/C18H13ClF3NO3S/c1-2-11-3-6-13(7-4-11)27(24,25)16-10-23-15-8-5-12(26-18(20,21)22)9-14(15)17(16)19/h3-10H,2H2,1H3. The number of fused-ring (bicyclic) bond motifs is 1. The predicted octanol–water partition coefficient (Wildman–Crippen LogP) is 5.18. The van der Waals surface area contributed by atoms with Gasteiger partial charge in [-0.15, -0.1) is 13.2 Å². The van der Waals surface area contributed by atoms with Crippen LogP contribution in [0, 0.1) is 0 Å². The van der Waals surface area contributed by atoms with Gasteiger partial charge in [0, 0.05) is 11.6 Å². The number of aromatic nitrogens is 1. The summed E-state index contributed by atoms with van der Waals surface area (Å²) in [6.07, 6.45) is -3.03. The van der Waals surface area contributed by atoms with Gasteiger partial charge < -0.3 is 4.74 Å². The highest BCUT2D eigenvalue weighted by molar-refractivity contribution is 7.91. The van der Waals surface area contributed by atoms with Crippen molar-refractivity contribution in [2.45, 2.75) is 29.5 Å². The largest absolute Gasteiger partial charge is 0.573 e. The van der Waals surface area contributed by atoms with Crippen molar-refractivity contribution in [3.05, 3.63) is 59.2 Å². The van der Waals surface area contributed by atoms with Crippen LogP contribution < -0.4 is 4.74 Å². The lowest BCUT2D eigenvalue weighted by molar-refractivity contribution is -0.274. The van der Waals surface area contributed by atoms with Crippen LogP contribution >= 0.6 is 11.6 Å². The van der Waals surface area contributed by atoms with Crippen LogP contribution in [0.15, 0.2) is 58.5 Å². The summed E-state index contributed by atoms with van der Waals surface area (Å²) >= 11 is 6.22. The number of benzene rings is 2. The Morgan fingerprint density at radius 3 is 2.37 bits per heavy atom. The third-order valence-corrected chi connectivity index (χ3v) is 6.21. The second-order valence-corrected chi connectivity index (χ2v) is 7.96. The SMILES string of the molecule is CCc1ccc(S(=O)(=O)c2cnc3ccc(OC(F)(F)F)cc3c2Cl)cc1. The Kier molecular flexibility index (Phi) is 5.05. The average Bonchev–Trinajstić information content (AvgIpc) is 2.61. The molecule has 0 spiro atoms. The van der Waals surface area contributed by atoms with Gasteiger partial charge >= 0.3 is 6.36 Å². The van der Waals surface area contributed by atoms with Crippen molar-refractivity contribution in [2.75, 3.05) is 0 Å². The van der Waals surface area contributed by atoms with E-state index in [2.05, 4.69) is 9.72 Å². The molecule has 1 heterocycles. The second kappa shape index (κ2) is 7.01. The van der Waals surface area contributed by atoms with Crippen molar-refractivity contribution in [3.63, 3.8) is 0 Å². The van der Waals surface area contributed by atoms with Gasteiger partial charge in [-0.2, -0.15) is 0 Å². The number of pyridine rings is 1. The van der Waals surface area contributed by atoms with Gasteiger partial charge in [-0.3, -0.25) is 4.98 Å². The highest BCUT2D eigenvalue weighted by atomic mass is 35.5. The van der Waals surface area contributed by atoms with Crippen molar-refractivity contribution >= 4 is 32.3 Å². The van der Waals surface area contributed by atoms with Crippen LogP contribution in [0.1, 0.15) is 12.5 Å². The van der Waals surface area contributed by atoms with Crippen LogP contribution in [0.25, 0.3) is 10.9 Å². The number of hydrogen-bond donors (Lipinski definition) is 0. The zero-order valence-corrected chi connectivity index (χ0v) is 15.5. The molecule has 0 saturated heterocycles. The smallest absolute Gasteiger partial charge is 0.406 e. The number of ether oxygens (including phenoxy) is 1. The van der Waals surface area contributed by atoms with Crippen molar-refractivity contribution in [1.82, 2.24) is 4.98 Å². The lowest BCUT2D eigenvalue weighted by atomic mass is 10.2. The van der Waals surface area contributed by atoms with Crippen LogP contribution in [-0.4, -0.2) is 19.8 Å². The van der Waals surface area contributed by atoms with E-state index in [0.29, 0.717) is 0 Å². The maximum absolute atomic E-state index is 12.9. The van der Waals surface area contributed by atoms with E-state index >= 15 is 0 Å². The number of rotatable bonds is 4. The quantitative estimate of drug-likeness (QED) is 0.589. The molecule has 0 aliphatic heterocycles. The van der Waals surface area contributed by atoms with Crippen LogP contribution in [0.2, 0.25) is 5.02 Å². The molecule has 2 aromatic carbocycles. The van der Waals surface area contributed by atoms with E-state index in [1.165, 1.54) is 18.2 Å². The minimum absolute atomic E-state index is 0.0189. The first-order chi connectivity index (χ1) is 12.6. The number of nitrogens with zero attached hydrogens (tertiary/aromatic N) is 1. The first-order valence-corrected chi connectivity index (χ1v) is 9.66. The summed E-state index contributed by atoms with van der Waals surface area (Å²) in [5.74, 6) is -0.513. The van der Waals surface area contributed by atoms with E-state index in [1.54, 1.807) is 12.1 Å². The van der Waals surface area contributed by atoms with Crippen LogP contribution in [-0.2, 0) is 16.3 Å². The average molecular weight is 416 g/mol. The summed E-state index contributed by atoms with van der Waals surface area (Å²) in [6.45, 7) is 1.94. The summed E-state index contributed by atoms with van der Waals surface area (Å²) < 4.78 is 66.9. The van der Waals surface area contributed by atoms with Gasteiger partial charge in [0.1, 0.15) is 10.6 Å². The van der Waals surface area contributed by atoms with E-state index in [1.807, 2.05) is 6.92 Å². The van der Waals surface area contributed by atoms with Crippen molar-refractivity contribution in [3.8, 4) is 5.75 Å². The summed E-state index contributed by atoms with van der Waals surface area (Å²) in [4.78, 5) is 3.74. The van der Waals surface area contributed by atoms with E-state index in [4.69, 9.17) is 11.6 Å². The van der Waals surface area contributed by atoms with Gasteiger partial charge in [-0.1, -0.05) is 30.7 Å². The molecule has 0 N–H and O–H groups in total. The third kappa shape index (κ3) is 4.01. The molecule has 0 aliphatic carbocycles. The Labute approximate surface area is 158 Å². The normalized spacial score (nSPS) is 12.3. The molecule has 3 aromatic rings. The second-order valence-electron chi connectivity index (χ2n) is 5.66. The van der Waals surface area contributed by atoms with Gasteiger partial charge in [-0.05, 0) is 42.3 Å². The van der Waals surface area contributed by atoms with E-state index in [9.17, 15) is 21.6 Å². The molecule has 0 unspecified atom stereocenters. The van der Waals surface area contributed by atoms with Crippen molar-refractivity contribution in [2.24, 2.45) is 0 Å². The molecule has 0 bridgehead atoms. The molecule has 4 nitrogen and oxygen atoms in total. The van der Waals surface area contributed by atoms with Gasteiger partial charge in [0.2, 0.25) is 9.84 Å². The Balaban J connectivity index is 2.12. The van der Waals surface area contributed by atoms with Crippen LogP contribution in [0.5, 0.6) is 5.75 Å². The molecule has 27 heavy (non-hydrogen) atoms. The molecule has 0 amide bonds. The number of sulfone groups is 1. The van der Waals surface area contributed by atoms with Gasteiger partial charge in [0.15, 0.2) is 0 Å². The molecule has 1 aromatic heterocycles. The molecule has 0 aliphatic rings. The van der Waals surface area contributed by atoms with Crippen LogP contribution in [0.4, 0.5) is 13.2 Å². The summed E-state index contributed by atoms with van der Waals surface area (Å²) in [5, 5.41) is -0.170. The number of hydrogen-bond acceptors (Lipinski definition) is 4. The summed E-state index contributed by atoms with van der Waals surface area (Å²) in [5.41, 5.74) is 1.21. The van der Waals surface area contributed by atoms with Crippen LogP contribution in [0.3, 0.4) is 0 Å². The zero-order chi connectivity index (χ0) is 19.8. The lowest BCUT2D eigenvalue weighted by Gasteiger charge is -2.12. The molecule has 142 valence electrons. The monoisotopic (exact) mass is 415 g/mol. The van der Waals surface area contributed by atoms with Crippen molar-refractivity contribution in [1.29, 1.82) is 0 Å². The van der Waals surface area contributed by atoms with Crippen molar-refractivity contribution < 1.29 is 26.3 Å². The summed E-state index contributed by atoms with van der Waals surface area (Å²) in [7, 11) is -3.99. The third-order valence-electron chi connectivity index (χ3n) is 3.91. The molecule has 3 rings (SSSR count).